The number of carbonyl (C=O) groups is 2. The minimum absolute atomic E-state index is 0.227. The molecule has 0 aliphatic carbocycles. The zero-order chi connectivity index (χ0) is 15.2. The first kappa shape index (κ1) is 15.5. The summed E-state index contributed by atoms with van der Waals surface area (Å²) in [6, 6.07) is 9.53. The Balaban J connectivity index is 1.80. The molecule has 4 N–H and O–H groups in total. The summed E-state index contributed by atoms with van der Waals surface area (Å²) in [6.45, 7) is 3.78. The Kier molecular flexibility index (Phi) is 5.33. The summed E-state index contributed by atoms with van der Waals surface area (Å²) in [5.41, 5.74) is 6.37. The highest BCUT2D eigenvalue weighted by Gasteiger charge is 2.30. The number of amides is 3. The number of rotatable bonds is 4. The fourth-order valence-electron chi connectivity index (χ4n) is 3.05. The van der Waals surface area contributed by atoms with Crippen LogP contribution in [0.2, 0.25) is 0 Å². The molecule has 0 spiro atoms. The van der Waals surface area contributed by atoms with E-state index in [1.807, 2.05) is 13.0 Å². The van der Waals surface area contributed by atoms with Gasteiger partial charge in [-0.2, -0.15) is 0 Å². The van der Waals surface area contributed by atoms with Crippen LogP contribution in [0.5, 0.6) is 0 Å². The molecule has 1 aromatic carbocycles. The maximum atomic E-state index is 11.8. The number of piperidine rings is 1. The van der Waals surface area contributed by atoms with E-state index in [4.69, 9.17) is 5.73 Å². The highest BCUT2D eigenvalue weighted by Crippen LogP contribution is 2.16. The van der Waals surface area contributed by atoms with Crippen LogP contribution in [0, 0.1) is 5.92 Å². The highest BCUT2D eigenvalue weighted by atomic mass is 16.2. The Labute approximate surface area is 125 Å². The predicted molar refractivity (Wildman–Crippen MR) is 80.8 cm³/mol. The average molecular weight is 290 g/mol. The number of benzene rings is 1. The van der Waals surface area contributed by atoms with Gasteiger partial charge in [0.1, 0.15) is 0 Å². The molecule has 1 aliphatic heterocycles. The maximum Gasteiger partial charge on any atom is 0.319 e. The van der Waals surface area contributed by atoms with Gasteiger partial charge in [0.2, 0.25) is 0 Å². The van der Waals surface area contributed by atoms with Crippen LogP contribution in [0.4, 0.5) is 4.79 Å². The molecule has 0 aromatic heterocycles. The van der Waals surface area contributed by atoms with Crippen LogP contribution >= 0.6 is 0 Å². The van der Waals surface area contributed by atoms with Crippen LogP contribution in [0.15, 0.2) is 30.3 Å². The lowest BCUT2D eigenvalue weighted by Crippen LogP contribution is -3.17. The number of primary amides is 1. The molecule has 0 bridgehead atoms. The van der Waals surface area contributed by atoms with Crippen LogP contribution in [-0.4, -0.2) is 31.1 Å². The molecule has 21 heavy (non-hydrogen) atoms. The van der Waals surface area contributed by atoms with Gasteiger partial charge in [-0.05, 0) is 37.7 Å². The predicted octanol–water partition coefficient (Wildman–Crippen LogP) is 0.107. The molecule has 1 aliphatic rings. The molecule has 2 rings (SSSR count). The molecule has 1 atom stereocenters. The van der Waals surface area contributed by atoms with Gasteiger partial charge < -0.3 is 10.6 Å². The standard InChI is InChI=1S/C16H23N3O2/c1-12(15(20)18-16(17)21)19-9-7-14(8-10-19)11-13-5-3-2-4-6-13/h2-6,12,14H,7-11H2,1H3,(H3,17,18,20,21)/p+1/t12-/m0/s1. The molecule has 3 amide bonds. The Morgan fingerprint density at radius 2 is 1.90 bits per heavy atom. The Hall–Kier alpha value is -1.88. The van der Waals surface area contributed by atoms with Crippen molar-refractivity contribution < 1.29 is 14.5 Å². The van der Waals surface area contributed by atoms with Gasteiger partial charge in [0.05, 0.1) is 13.1 Å². The van der Waals surface area contributed by atoms with E-state index in [2.05, 4.69) is 29.6 Å². The molecular weight excluding hydrogens is 266 g/mol. The second-order valence-corrected chi connectivity index (χ2v) is 5.87. The van der Waals surface area contributed by atoms with Crippen molar-refractivity contribution in [3.63, 3.8) is 0 Å². The zero-order valence-electron chi connectivity index (χ0n) is 12.5. The van der Waals surface area contributed by atoms with Gasteiger partial charge in [0.25, 0.3) is 5.91 Å². The molecule has 0 saturated carbocycles. The van der Waals surface area contributed by atoms with E-state index in [0.29, 0.717) is 5.92 Å². The van der Waals surface area contributed by atoms with E-state index < -0.39 is 6.03 Å². The molecular formula is C16H24N3O2+. The minimum atomic E-state index is -0.773. The first-order valence-corrected chi connectivity index (χ1v) is 7.55. The summed E-state index contributed by atoms with van der Waals surface area (Å²) in [4.78, 5) is 23.8. The van der Waals surface area contributed by atoms with Crippen molar-refractivity contribution in [1.82, 2.24) is 5.32 Å². The first-order chi connectivity index (χ1) is 10.1. The van der Waals surface area contributed by atoms with E-state index in [1.165, 1.54) is 10.5 Å². The van der Waals surface area contributed by atoms with Crippen molar-refractivity contribution in [2.45, 2.75) is 32.2 Å². The second-order valence-electron chi connectivity index (χ2n) is 5.87. The van der Waals surface area contributed by atoms with E-state index in [-0.39, 0.29) is 11.9 Å². The quantitative estimate of drug-likeness (QED) is 0.736. The molecule has 114 valence electrons. The number of nitrogens with one attached hydrogen (secondary N) is 2. The van der Waals surface area contributed by atoms with Crippen molar-refractivity contribution in [3.05, 3.63) is 35.9 Å². The number of nitrogens with two attached hydrogens (primary N) is 1. The molecule has 5 heteroatoms. The number of likely N-dealkylation sites (tertiary alicyclic amines) is 1. The van der Waals surface area contributed by atoms with Gasteiger partial charge in [0, 0.05) is 0 Å². The van der Waals surface area contributed by atoms with Crippen molar-refractivity contribution in [3.8, 4) is 0 Å². The Morgan fingerprint density at radius 1 is 1.29 bits per heavy atom. The van der Waals surface area contributed by atoms with E-state index >= 15 is 0 Å². The monoisotopic (exact) mass is 290 g/mol. The van der Waals surface area contributed by atoms with E-state index in [0.717, 1.165) is 32.4 Å². The van der Waals surface area contributed by atoms with E-state index in [9.17, 15) is 9.59 Å². The lowest BCUT2D eigenvalue weighted by atomic mass is 9.89. The summed E-state index contributed by atoms with van der Waals surface area (Å²) in [6.07, 6.45) is 3.33. The lowest BCUT2D eigenvalue weighted by Gasteiger charge is -2.32. The summed E-state index contributed by atoms with van der Waals surface area (Å²) in [5, 5.41) is 2.17. The largest absolute Gasteiger partial charge is 0.351 e. The molecule has 1 aromatic rings. The number of hydrogen-bond acceptors (Lipinski definition) is 2. The van der Waals surface area contributed by atoms with Gasteiger partial charge >= 0.3 is 6.03 Å². The molecule has 1 saturated heterocycles. The fraction of sp³-hybridized carbons (Fsp3) is 0.500. The van der Waals surface area contributed by atoms with Crippen molar-refractivity contribution in [1.29, 1.82) is 0 Å². The van der Waals surface area contributed by atoms with Crippen LogP contribution in [0.1, 0.15) is 25.3 Å². The number of imide groups is 1. The van der Waals surface area contributed by atoms with Crippen LogP contribution in [0.25, 0.3) is 0 Å². The maximum absolute atomic E-state index is 11.8. The summed E-state index contributed by atoms with van der Waals surface area (Å²) in [7, 11) is 0. The minimum Gasteiger partial charge on any atom is -0.351 e. The van der Waals surface area contributed by atoms with Crippen molar-refractivity contribution in [2.75, 3.05) is 13.1 Å². The number of quaternary nitrogens is 1. The summed E-state index contributed by atoms with van der Waals surface area (Å²) < 4.78 is 0. The van der Waals surface area contributed by atoms with Crippen molar-refractivity contribution >= 4 is 11.9 Å². The normalized spacial score (nSPS) is 23.3. The third-order valence-electron chi connectivity index (χ3n) is 4.37. The smallest absolute Gasteiger partial charge is 0.319 e. The average Bonchev–Trinajstić information content (AvgIpc) is 2.47. The first-order valence-electron chi connectivity index (χ1n) is 7.55. The van der Waals surface area contributed by atoms with E-state index in [1.54, 1.807) is 0 Å². The number of hydrogen-bond donors (Lipinski definition) is 3. The topological polar surface area (TPSA) is 76.6 Å². The number of urea groups is 1. The molecule has 1 heterocycles. The van der Waals surface area contributed by atoms with Gasteiger partial charge in [-0.1, -0.05) is 30.3 Å². The number of carbonyl (C=O) groups excluding carboxylic acids is 2. The Bertz CT molecular complexity index is 482. The molecule has 1 fully saturated rings. The fourth-order valence-corrected chi connectivity index (χ4v) is 3.05. The molecule has 5 nitrogen and oxygen atoms in total. The van der Waals surface area contributed by atoms with Gasteiger partial charge in [-0.15, -0.1) is 0 Å². The van der Waals surface area contributed by atoms with Crippen molar-refractivity contribution in [2.24, 2.45) is 11.7 Å². The highest BCUT2D eigenvalue weighted by molar-refractivity contribution is 5.95. The third kappa shape index (κ3) is 4.56. The van der Waals surface area contributed by atoms with Crippen LogP contribution < -0.4 is 16.0 Å². The van der Waals surface area contributed by atoms with Gasteiger partial charge in [0.15, 0.2) is 6.04 Å². The molecule has 0 radical (unpaired) electrons. The zero-order valence-corrected chi connectivity index (χ0v) is 12.5. The van der Waals surface area contributed by atoms with Gasteiger partial charge in [-0.3, -0.25) is 10.1 Å². The van der Waals surface area contributed by atoms with Crippen LogP contribution in [0.3, 0.4) is 0 Å². The summed E-state index contributed by atoms with van der Waals surface area (Å²) in [5.74, 6) is 0.404. The second kappa shape index (κ2) is 7.22. The SMILES string of the molecule is C[C@@H](C(=O)NC(N)=O)[NH+]1CCC(Cc2ccccc2)CC1. The lowest BCUT2D eigenvalue weighted by molar-refractivity contribution is -0.920. The van der Waals surface area contributed by atoms with Crippen LogP contribution in [-0.2, 0) is 11.2 Å². The van der Waals surface area contributed by atoms with Gasteiger partial charge in [-0.25, -0.2) is 4.79 Å². The summed E-state index contributed by atoms with van der Waals surface area (Å²) >= 11 is 0. The molecule has 0 unspecified atom stereocenters. The third-order valence-corrected chi connectivity index (χ3v) is 4.37. The Morgan fingerprint density at radius 3 is 2.48 bits per heavy atom.